The molecule has 9 heteroatoms. The summed E-state index contributed by atoms with van der Waals surface area (Å²) in [5.74, 6) is 0.542. The number of aryl methyl sites for hydroxylation is 1. The van der Waals surface area contributed by atoms with E-state index in [-0.39, 0.29) is 30.0 Å². The van der Waals surface area contributed by atoms with Crippen molar-refractivity contribution < 1.29 is 4.79 Å². The maximum Gasteiger partial charge on any atom is 0.273 e. The molecule has 0 aliphatic rings. The zero-order valence-electron chi connectivity index (χ0n) is 15.0. The molecule has 0 radical (unpaired) electrons. The van der Waals surface area contributed by atoms with Crippen molar-refractivity contribution in [2.24, 2.45) is 0 Å². The lowest BCUT2D eigenvalue weighted by molar-refractivity contribution is -0.121. The van der Waals surface area contributed by atoms with Crippen molar-refractivity contribution in [1.29, 1.82) is 0 Å². The fraction of sp³-hybridized carbons (Fsp3) is 0.211. The molecule has 28 heavy (non-hydrogen) atoms. The Morgan fingerprint density at radius 3 is 2.68 bits per heavy atom. The van der Waals surface area contributed by atoms with E-state index in [1.807, 2.05) is 28.8 Å². The normalized spacial score (nSPS) is 11.1. The van der Waals surface area contributed by atoms with Crippen LogP contribution in [0.5, 0.6) is 0 Å². The number of hydrogen-bond acceptors (Lipinski definition) is 5. The third-order valence-corrected chi connectivity index (χ3v) is 4.50. The second-order valence-electron chi connectivity index (χ2n) is 6.34. The van der Waals surface area contributed by atoms with E-state index < -0.39 is 0 Å². The molecule has 4 aromatic rings. The SMILES string of the molecule is O=C(CCn1[nH]c(=O)c2ccccc2c1=O)NCCc1nnc2ccccn12. The van der Waals surface area contributed by atoms with Gasteiger partial charge in [0.2, 0.25) is 5.91 Å². The van der Waals surface area contributed by atoms with Crippen LogP contribution in [0.4, 0.5) is 0 Å². The molecule has 2 N–H and O–H groups in total. The van der Waals surface area contributed by atoms with E-state index in [9.17, 15) is 14.4 Å². The quantitative estimate of drug-likeness (QED) is 0.507. The first-order valence-corrected chi connectivity index (χ1v) is 8.91. The van der Waals surface area contributed by atoms with Crippen LogP contribution >= 0.6 is 0 Å². The number of hydrogen-bond donors (Lipinski definition) is 2. The molecule has 0 atom stereocenters. The Bertz CT molecular complexity index is 1270. The van der Waals surface area contributed by atoms with Gasteiger partial charge in [0.15, 0.2) is 5.65 Å². The van der Waals surface area contributed by atoms with Gasteiger partial charge in [-0.05, 0) is 24.3 Å². The number of nitrogens with one attached hydrogen (secondary N) is 2. The number of aromatic amines is 1. The van der Waals surface area contributed by atoms with Crippen LogP contribution in [-0.2, 0) is 17.8 Å². The minimum Gasteiger partial charge on any atom is -0.356 e. The molecule has 0 saturated heterocycles. The lowest BCUT2D eigenvalue weighted by Gasteiger charge is -2.08. The van der Waals surface area contributed by atoms with Crippen molar-refractivity contribution >= 4 is 22.3 Å². The molecule has 9 nitrogen and oxygen atoms in total. The highest BCUT2D eigenvalue weighted by molar-refractivity contribution is 5.80. The Labute approximate surface area is 158 Å². The fourth-order valence-electron chi connectivity index (χ4n) is 3.08. The predicted molar refractivity (Wildman–Crippen MR) is 103 cm³/mol. The number of fused-ring (bicyclic) bond motifs is 2. The third-order valence-electron chi connectivity index (χ3n) is 4.50. The number of carbonyl (C=O) groups excluding carboxylic acids is 1. The Kier molecular flexibility index (Phi) is 4.71. The van der Waals surface area contributed by atoms with Crippen LogP contribution in [0, 0.1) is 0 Å². The molecule has 3 heterocycles. The Morgan fingerprint density at radius 2 is 1.82 bits per heavy atom. The van der Waals surface area contributed by atoms with Gasteiger partial charge in [-0.1, -0.05) is 18.2 Å². The van der Waals surface area contributed by atoms with Gasteiger partial charge in [0, 0.05) is 25.6 Å². The lowest BCUT2D eigenvalue weighted by atomic mass is 10.2. The van der Waals surface area contributed by atoms with Gasteiger partial charge in [0.05, 0.1) is 17.3 Å². The van der Waals surface area contributed by atoms with Gasteiger partial charge in [-0.25, -0.2) is 4.68 Å². The molecule has 0 unspecified atom stereocenters. The highest BCUT2D eigenvalue weighted by Crippen LogP contribution is 2.04. The molecule has 3 aromatic heterocycles. The number of H-pyrrole nitrogens is 1. The van der Waals surface area contributed by atoms with Crippen LogP contribution < -0.4 is 16.4 Å². The summed E-state index contributed by atoms with van der Waals surface area (Å²) in [6.07, 6.45) is 2.48. The average molecular weight is 378 g/mol. The molecule has 0 saturated carbocycles. The van der Waals surface area contributed by atoms with Gasteiger partial charge in [0.25, 0.3) is 11.1 Å². The van der Waals surface area contributed by atoms with Crippen LogP contribution in [-0.4, -0.2) is 36.8 Å². The van der Waals surface area contributed by atoms with Crippen LogP contribution in [0.25, 0.3) is 16.4 Å². The molecule has 0 aliphatic heterocycles. The Morgan fingerprint density at radius 1 is 1.04 bits per heavy atom. The van der Waals surface area contributed by atoms with Crippen molar-refractivity contribution in [3.63, 3.8) is 0 Å². The molecule has 0 bridgehead atoms. The third kappa shape index (κ3) is 3.41. The van der Waals surface area contributed by atoms with E-state index in [0.717, 1.165) is 11.5 Å². The summed E-state index contributed by atoms with van der Waals surface area (Å²) in [6, 6.07) is 12.2. The minimum absolute atomic E-state index is 0.0781. The predicted octanol–water partition coefficient (Wildman–Crippen LogP) is 0.481. The molecular weight excluding hydrogens is 360 g/mol. The van der Waals surface area contributed by atoms with Gasteiger partial charge >= 0.3 is 0 Å². The average Bonchev–Trinajstić information content (AvgIpc) is 3.13. The van der Waals surface area contributed by atoms with Crippen LogP contribution in [0.2, 0.25) is 0 Å². The second kappa shape index (κ2) is 7.47. The minimum atomic E-state index is -0.353. The molecule has 4 rings (SSSR count). The second-order valence-corrected chi connectivity index (χ2v) is 6.34. The summed E-state index contributed by atoms with van der Waals surface area (Å²) in [4.78, 5) is 36.6. The van der Waals surface area contributed by atoms with E-state index in [1.165, 1.54) is 4.68 Å². The van der Waals surface area contributed by atoms with Gasteiger partial charge in [-0.3, -0.25) is 23.9 Å². The smallest absolute Gasteiger partial charge is 0.273 e. The first-order valence-electron chi connectivity index (χ1n) is 8.91. The van der Waals surface area contributed by atoms with Crippen LogP contribution in [0.1, 0.15) is 12.2 Å². The van der Waals surface area contributed by atoms with E-state index in [0.29, 0.717) is 23.7 Å². The number of benzene rings is 1. The van der Waals surface area contributed by atoms with Crippen molar-refractivity contribution in [3.05, 3.63) is 75.2 Å². The topological polar surface area (TPSA) is 114 Å². The Balaban J connectivity index is 1.36. The van der Waals surface area contributed by atoms with E-state index in [1.54, 1.807) is 24.3 Å². The maximum atomic E-state index is 12.4. The van der Waals surface area contributed by atoms with E-state index >= 15 is 0 Å². The monoisotopic (exact) mass is 378 g/mol. The van der Waals surface area contributed by atoms with Crippen LogP contribution in [0.15, 0.2) is 58.3 Å². The summed E-state index contributed by atoms with van der Waals surface area (Å²) in [7, 11) is 0. The molecular formula is C19H18N6O3. The first-order chi connectivity index (χ1) is 13.6. The van der Waals surface area contributed by atoms with Crippen molar-refractivity contribution in [3.8, 4) is 0 Å². The highest BCUT2D eigenvalue weighted by atomic mass is 16.2. The fourth-order valence-corrected chi connectivity index (χ4v) is 3.08. The maximum absolute atomic E-state index is 12.4. The lowest BCUT2D eigenvalue weighted by Crippen LogP contribution is -2.33. The molecule has 1 amide bonds. The van der Waals surface area contributed by atoms with Gasteiger partial charge in [-0.15, -0.1) is 10.2 Å². The number of amides is 1. The zero-order valence-corrected chi connectivity index (χ0v) is 15.0. The Hall–Kier alpha value is -3.75. The van der Waals surface area contributed by atoms with E-state index in [4.69, 9.17) is 0 Å². The molecule has 0 fully saturated rings. The summed E-state index contributed by atoms with van der Waals surface area (Å²) in [5, 5.41) is 14.2. The molecule has 0 aliphatic carbocycles. The van der Waals surface area contributed by atoms with Crippen LogP contribution in [0.3, 0.4) is 0 Å². The highest BCUT2D eigenvalue weighted by Gasteiger charge is 2.09. The number of carbonyl (C=O) groups is 1. The standard InChI is InChI=1S/C19H18N6O3/c26-17(20-10-8-16-22-21-15-7-3-4-11-24(15)16)9-12-25-19(28)14-6-2-1-5-13(14)18(27)23-25/h1-7,11H,8-10,12H2,(H,20,26)(H,23,27). The molecule has 1 aromatic carbocycles. The number of aromatic nitrogens is 5. The summed E-state index contributed by atoms with van der Waals surface area (Å²) >= 11 is 0. The summed E-state index contributed by atoms with van der Waals surface area (Å²) in [5.41, 5.74) is 0.0793. The van der Waals surface area contributed by atoms with E-state index in [2.05, 4.69) is 20.6 Å². The van der Waals surface area contributed by atoms with Gasteiger partial charge in [-0.2, -0.15) is 0 Å². The zero-order chi connectivity index (χ0) is 19.5. The molecule has 142 valence electrons. The van der Waals surface area contributed by atoms with Crippen molar-refractivity contribution in [1.82, 2.24) is 29.7 Å². The summed E-state index contributed by atoms with van der Waals surface area (Å²) in [6.45, 7) is 0.496. The largest absolute Gasteiger partial charge is 0.356 e. The number of pyridine rings is 1. The van der Waals surface area contributed by atoms with Gasteiger partial charge < -0.3 is 5.32 Å². The number of rotatable bonds is 6. The van der Waals surface area contributed by atoms with Gasteiger partial charge in [0.1, 0.15) is 5.82 Å². The van der Waals surface area contributed by atoms with Crippen molar-refractivity contribution in [2.75, 3.05) is 6.54 Å². The van der Waals surface area contributed by atoms with Crippen molar-refractivity contribution in [2.45, 2.75) is 19.4 Å². The number of nitrogens with zero attached hydrogens (tertiary/aromatic N) is 4. The molecule has 0 spiro atoms. The summed E-state index contributed by atoms with van der Waals surface area (Å²) < 4.78 is 3.04. The first kappa shape index (κ1) is 17.7.